The first kappa shape index (κ1) is 21.0. The minimum Gasteiger partial charge on any atom is -0.497 e. The summed E-state index contributed by atoms with van der Waals surface area (Å²) in [6, 6.07) is 21.1. The number of carbonyl (C=O) groups is 1. The number of fused-ring (bicyclic) bond motifs is 3. The van der Waals surface area contributed by atoms with Crippen molar-refractivity contribution in [3.8, 4) is 11.5 Å². The zero-order valence-electron chi connectivity index (χ0n) is 18.7. The normalized spacial score (nSPS) is 13.5. The van der Waals surface area contributed by atoms with Crippen molar-refractivity contribution in [2.75, 3.05) is 26.1 Å². The van der Waals surface area contributed by atoms with Crippen molar-refractivity contribution in [2.24, 2.45) is 0 Å². The molecule has 0 saturated carbocycles. The molecular formula is C26H26N4O3. The van der Waals surface area contributed by atoms with Crippen LogP contribution in [0.1, 0.15) is 21.7 Å². The quantitative estimate of drug-likeness (QED) is 0.482. The van der Waals surface area contributed by atoms with Gasteiger partial charge in [-0.05, 0) is 54.6 Å². The fraction of sp³-hybridized carbons (Fsp3) is 0.231. The summed E-state index contributed by atoms with van der Waals surface area (Å²) < 4.78 is 13.1. The van der Waals surface area contributed by atoms with Crippen molar-refractivity contribution in [1.29, 1.82) is 0 Å². The Morgan fingerprint density at radius 1 is 1.00 bits per heavy atom. The monoisotopic (exact) mass is 442 g/mol. The number of nitrogens with one attached hydrogen (secondary N) is 1. The molecule has 0 unspecified atom stereocenters. The molecule has 0 fully saturated rings. The number of imidazole rings is 1. The fourth-order valence-electron chi connectivity index (χ4n) is 4.32. The second-order valence-corrected chi connectivity index (χ2v) is 8.09. The molecule has 0 aliphatic carbocycles. The van der Waals surface area contributed by atoms with E-state index < -0.39 is 0 Å². The van der Waals surface area contributed by atoms with Gasteiger partial charge in [0.1, 0.15) is 17.3 Å². The van der Waals surface area contributed by atoms with Gasteiger partial charge in [0.25, 0.3) is 5.91 Å². The van der Waals surface area contributed by atoms with Crippen LogP contribution in [0.2, 0.25) is 0 Å². The maximum Gasteiger partial charge on any atom is 0.255 e. The van der Waals surface area contributed by atoms with E-state index in [0.717, 1.165) is 48.0 Å². The molecule has 1 aliphatic heterocycles. The van der Waals surface area contributed by atoms with Gasteiger partial charge in [-0.1, -0.05) is 12.1 Å². The largest absolute Gasteiger partial charge is 0.497 e. The molecule has 0 atom stereocenters. The number of anilines is 1. The molecule has 4 aromatic rings. The van der Waals surface area contributed by atoms with E-state index in [1.807, 2.05) is 24.3 Å². The highest BCUT2D eigenvalue weighted by Gasteiger charge is 2.21. The van der Waals surface area contributed by atoms with Crippen molar-refractivity contribution in [3.63, 3.8) is 0 Å². The molecule has 1 amide bonds. The Morgan fingerprint density at radius 3 is 2.61 bits per heavy atom. The maximum atomic E-state index is 12.7. The van der Waals surface area contributed by atoms with Gasteiger partial charge in [-0.15, -0.1) is 0 Å². The average Bonchev–Trinajstić information content (AvgIpc) is 3.22. The van der Waals surface area contributed by atoms with Crippen LogP contribution in [0.4, 0.5) is 5.69 Å². The Kier molecular flexibility index (Phi) is 5.71. The molecule has 0 bridgehead atoms. The first-order chi connectivity index (χ1) is 16.1. The summed E-state index contributed by atoms with van der Waals surface area (Å²) in [5, 5.41) is 2.99. The van der Waals surface area contributed by atoms with Gasteiger partial charge in [-0.2, -0.15) is 0 Å². The molecule has 7 nitrogen and oxygen atoms in total. The smallest absolute Gasteiger partial charge is 0.255 e. The van der Waals surface area contributed by atoms with Crippen molar-refractivity contribution < 1.29 is 14.3 Å². The van der Waals surface area contributed by atoms with Crippen LogP contribution in [0.25, 0.3) is 11.0 Å². The van der Waals surface area contributed by atoms with Crippen LogP contribution < -0.4 is 14.8 Å². The van der Waals surface area contributed by atoms with Gasteiger partial charge in [-0.3, -0.25) is 9.69 Å². The van der Waals surface area contributed by atoms with E-state index in [-0.39, 0.29) is 5.91 Å². The number of aromatic nitrogens is 2. The van der Waals surface area contributed by atoms with Crippen molar-refractivity contribution in [2.45, 2.75) is 19.6 Å². The number of para-hydroxylation sites is 2. The molecule has 1 N–H and O–H groups in total. The molecule has 0 saturated heterocycles. The van der Waals surface area contributed by atoms with E-state index in [1.54, 1.807) is 38.5 Å². The van der Waals surface area contributed by atoms with E-state index in [2.05, 4.69) is 33.0 Å². The second kappa shape index (κ2) is 8.96. The average molecular weight is 443 g/mol. The Labute approximate surface area is 192 Å². The minimum absolute atomic E-state index is 0.166. The summed E-state index contributed by atoms with van der Waals surface area (Å²) in [6.45, 7) is 3.28. The van der Waals surface area contributed by atoms with Crippen molar-refractivity contribution >= 4 is 22.6 Å². The van der Waals surface area contributed by atoms with E-state index in [4.69, 9.17) is 14.5 Å². The van der Waals surface area contributed by atoms with Crippen LogP contribution in [-0.2, 0) is 19.6 Å². The number of benzene rings is 3. The van der Waals surface area contributed by atoms with Crippen molar-refractivity contribution in [1.82, 2.24) is 14.5 Å². The lowest BCUT2D eigenvalue weighted by molar-refractivity contribution is 0.102. The zero-order chi connectivity index (χ0) is 22.8. The molecule has 2 heterocycles. The SMILES string of the molecule is COc1ccc(C(=O)Nc2ccc(OC)c(CN3CCn4c(nc5ccccc54)C3)c2)cc1. The Balaban J connectivity index is 1.32. The highest BCUT2D eigenvalue weighted by Crippen LogP contribution is 2.27. The Hall–Kier alpha value is -3.84. The third-order valence-electron chi connectivity index (χ3n) is 6.02. The molecule has 5 rings (SSSR count). The third kappa shape index (κ3) is 4.27. The molecule has 1 aromatic heterocycles. The molecule has 168 valence electrons. The fourth-order valence-corrected chi connectivity index (χ4v) is 4.32. The number of carbonyl (C=O) groups excluding carboxylic acids is 1. The predicted molar refractivity (Wildman–Crippen MR) is 128 cm³/mol. The summed E-state index contributed by atoms with van der Waals surface area (Å²) in [5.74, 6) is 2.43. The zero-order valence-corrected chi connectivity index (χ0v) is 18.7. The van der Waals surface area contributed by atoms with Gasteiger partial charge < -0.3 is 19.4 Å². The summed E-state index contributed by atoms with van der Waals surface area (Å²) >= 11 is 0. The lowest BCUT2D eigenvalue weighted by atomic mass is 10.1. The molecule has 7 heteroatoms. The summed E-state index contributed by atoms with van der Waals surface area (Å²) in [6.07, 6.45) is 0. The van der Waals surface area contributed by atoms with Crippen LogP contribution in [0.15, 0.2) is 66.7 Å². The van der Waals surface area contributed by atoms with Gasteiger partial charge in [0, 0.05) is 36.4 Å². The highest BCUT2D eigenvalue weighted by atomic mass is 16.5. The summed E-state index contributed by atoms with van der Waals surface area (Å²) in [4.78, 5) is 19.9. The molecule has 3 aromatic carbocycles. The van der Waals surface area contributed by atoms with Crippen molar-refractivity contribution in [3.05, 3.63) is 83.7 Å². The molecular weight excluding hydrogens is 416 g/mol. The van der Waals surface area contributed by atoms with E-state index in [9.17, 15) is 4.79 Å². The number of hydrogen-bond acceptors (Lipinski definition) is 5. The number of ether oxygens (including phenoxy) is 2. The van der Waals surface area contributed by atoms with Gasteiger partial charge >= 0.3 is 0 Å². The molecule has 1 aliphatic rings. The van der Waals surface area contributed by atoms with E-state index >= 15 is 0 Å². The number of nitrogens with zero attached hydrogens (tertiary/aromatic N) is 3. The van der Waals surface area contributed by atoms with Crippen LogP contribution in [-0.4, -0.2) is 41.1 Å². The predicted octanol–water partition coefficient (Wildman–Crippen LogP) is 4.32. The summed E-state index contributed by atoms with van der Waals surface area (Å²) in [7, 11) is 3.27. The third-order valence-corrected chi connectivity index (χ3v) is 6.02. The standard InChI is InChI=1S/C26H26N4O3/c1-32-21-10-7-18(8-11-21)26(31)27-20-9-12-24(33-2)19(15-20)16-29-13-14-30-23-6-4-3-5-22(23)28-25(30)17-29/h3-12,15H,13-14,16-17H2,1-2H3,(H,27,31). The topological polar surface area (TPSA) is 68.6 Å². The second-order valence-electron chi connectivity index (χ2n) is 8.09. The van der Waals surface area contributed by atoms with Crippen LogP contribution >= 0.6 is 0 Å². The summed E-state index contributed by atoms with van der Waals surface area (Å²) in [5.41, 5.74) is 4.55. The molecule has 0 spiro atoms. The number of rotatable bonds is 6. The van der Waals surface area contributed by atoms with Gasteiger partial charge in [-0.25, -0.2) is 4.98 Å². The first-order valence-corrected chi connectivity index (χ1v) is 10.9. The maximum absolute atomic E-state index is 12.7. The molecule has 33 heavy (non-hydrogen) atoms. The Morgan fingerprint density at radius 2 is 1.82 bits per heavy atom. The van der Waals surface area contributed by atoms with Crippen LogP contribution in [0.5, 0.6) is 11.5 Å². The molecule has 0 radical (unpaired) electrons. The number of hydrogen-bond donors (Lipinski definition) is 1. The van der Waals surface area contributed by atoms with E-state index in [0.29, 0.717) is 17.9 Å². The highest BCUT2D eigenvalue weighted by molar-refractivity contribution is 6.04. The van der Waals surface area contributed by atoms with E-state index in [1.165, 1.54) is 5.52 Å². The lowest BCUT2D eigenvalue weighted by Crippen LogP contribution is -2.33. The lowest BCUT2D eigenvalue weighted by Gasteiger charge is -2.28. The van der Waals surface area contributed by atoms with Gasteiger partial charge in [0.15, 0.2) is 0 Å². The first-order valence-electron chi connectivity index (χ1n) is 10.9. The Bertz CT molecular complexity index is 1300. The van der Waals surface area contributed by atoms with Gasteiger partial charge in [0.2, 0.25) is 0 Å². The minimum atomic E-state index is -0.166. The number of methoxy groups -OCH3 is 2. The van der Waals surface area contributed by atoms with Crippen LogP contribution in [0.3, 0.4) is 0 Å². The van der Waals surface area contributed by atoms with Crippen LogP contribution in [0, 0.1) is 0 Å². The number of amides is 1. The van der Waals surface area contributed by atoms with Gasteiger partial charge in [0.05, 0.1) is 31.8 Å².